The van der Waals surface area contributed by atoms with Gasteiger partial charge in [0, 0.05) is 18.1 Å². The second-order valence-electron chi connectivity index (χ2n) is 3.54. The summed E-state index contributed by atoms with van der Waals surface area (Å²) in [4.78, 5) is 28.4. The van der Waals surface area contributed by atoms with E-state index in [0.29, 0.717) is 12.3 Å². The van der Waals surface area contributed by atoms with Crippen molar-refractivity contribution in [2.45, 2.75) is 24.1 Å². The molecule has 1 rings (SSSR count). The fourth-order valence-electron chi connectivity index (χ4n) is 1.36. The van der Waals surface area contributed by atoms with E-state index in [0.717, 1.165) is 0 Å². The van der Waals surface area contributed by atoms with Crippen LogP contribution >= 0.6 is 11.8 Å². The number of carbonyl (C=O) groups is 1. The molecule has 0 spiro atoms. The standard InChI is InChI=1S/C10H14N2O4S/c1-5(4-16-3)17-8-7(9(13)14)6(2)11-10(15)12-8/h5H,4H2,1-3H3,(H,13,14)(H,11,12,15). The second-order valence-corrected chi connectivity index (χ2v) is 4.96. The zero-order valence-corrected chi connectivity index (χ0v) is 10.6. The van der Waals surface area contributed by atoms with Gasteiger partial charge in [0.1, 0.15) is 10.6 Å². The van der Waals surface area contributed by atoms with Gasteiger partial charge in [0.25, 0.3) is 0 Å². The number of aromatic nitrogens is 2. The van der Waals surface area contributed by atoms with Crippen molar-refractivity contribution in [3.63, 3.8) is 0 Å². The number of rotatable bonds is 5. The summed E-state index contributed by atoms with van der Waals surface area (Å²) < 4.78 is 4.95. The van der Waals surface area contributed by atoms with Crippen LogP contribution in [0.5, 0.6) is 0 Å². The number of carboxylic acid groups (broad SMARTS) is 1. The van der Waals surface area contributed by atoms with E-state index in [2.05, 4.69) is 9.97 Å². The first kappa shape index (κ1) is 13.7. The van der Waals surface area contributed by atoms with Gasteiger partial charge in [0.05, 0.1) is 6.61 Å². The molecule has 0 amide bonds. The Morgan fingerprint density at radius 2 is 2.29 bits per heavy atom. The van der Waals surface area contributed by atoms with Gasteiger partial charge >= 0.3 is 11.7 Å². The summed E-state index contributed by atoms with van der Waals surface area (Å²) in [5.41, 5.74) is -0.193. The van der Waals surface area contributed by atoms with Gasteiger partial charge in [0.15, 0.2) is 0 Å². The highest BCUT2D eigenvalue weighted by atomic mass is 32.2. The van der Waals surface area contributed by atoms with E-state index in [-0.39, 0.29) is 15.8 Å². The maximum Gasteiger partial charge on any atom is 0.346 e. The number of H-pyrrole nitrogens is 1. The monoisotopic (exact) mass is 258 g/mol. The number of aromatic amines is 1. The lowest BCUT2D eigenvalue weighted by Crippen LogP contribution is -2.19. The number of aromatic carboxylic acids is 1. The predicted molar refractivity (Wildman–Crippen MR) is 63.7 cm³/mol. The quantitative estimate of drug-likeness (QED) is 0.602. The number of hydrogen-bond acceptors (Lipinski definition) is 5. The van der Waals surface area contributed by atoms with Gasteiger partial charge in [-0.05, 0) is 6.92 Å². The van der Waals surface area contributed by atoms with Crippen LogP contribution in [0.25, 0.3) is 0 Å². The number of nitrogens with one attached hydrogen (secondary N) is 1. The number of aryl methyl sites for hydroxylation is 1. The topological polar surface area (TPSA) is 92.3 Å². The number of nitrogens with zero attached hydrogens (tertiary/aromatic N) is 1. The van der Waals surface area contributed by atoms with Crippen molar-refractivity contribution in [3.8, 4) is 0 Å². The van der Waals surface area contributed by atoms with Crippen molar-refractivity contribution in [2.24, 2.45) is 0 Å². The van der Waals surface area contributed by atoms with Gasteiger partial charge in [-0.1, -0.05) is 18.7 Å². The summed E-state index contributed by atoms with van der Waals surface area (Å²) in [7, 11) is 1.56. The number of carboxylic acids is 1. The summed E-state index contributed by atoms with van der Waals surface area (Å²) in [5, 5.41) is 9.32. The molecule has 94 valence electrons. The molecule has 2 N–H and O–H groups in total. The Morgan fingerprint density at radius 1 is 1.65 bits per heavy atom. The van der Waals surface area contributed by atoms with Gasteiger partial charge in [-0.15, -0.1) is 0 Å². The molecule has 0 aromatic carbocycles. The number of thioether (sulfide) groups is 1. The zero-order chi connectivity index (χ0) is 13.0. The molecule has 0 radical (unpaired) electrons. The Bertz CT molecular complexity index is 472. The summed E-state index contributed by atoms with van der Waals surface area (Å²) in [6.45, 7) is 3.87. The Hall–Kier alpha value is -1.34. The molecule has 0 aliphatic rings. The highest BCUT2D eigenvalue weighted by Gasteiger charge is 2.18. The van der Waals surface area contributed by atoms with E-state index >= 15 is 0 Å². The molecule has 17 heavy (non-hydrogen) atoms. The molecule has 1 unspecified atom stereocenters. The highest BCUT2D eigenvalue weighted by molar-refractivity contribution is 7.99. The maximum atomic E-state index is 11.2. The zero-order valence-electron chi connectivity index (χ0n) is 9.81. The lowest BCUT2D eigenvalue weighted by Gasteiger charge is -2.11. The molecule has 7 heteroatoms. The third kappa shape index (κ3) is 3.57. The van der Waals surface area contributed by atoms with Crippen LogP contribution < -0.4 is 5.69 Å². The minimum Gasteiger partial charge on any atom is -0.478 e. The molecule has 0 bridgehead atoms. The van der Waals surface area contributed by atoms with Crippen LogP contribution in [0, 0.1) is 6.92 Å². The number of methoxy groups -OCH3 is 1. The van der Waals surface area contributed by atoms with E-state index in [1.54, 1.807) is 7.11 Å². The van der Waals surface area contributed by atoms with E-state index in [9.17, 15) is 9.59 Å². The van der Waals surface area contributed by atoms with Crippen molar-refractivity contribution in [2.75, 3.05) is 13.7 Å². The molecule has 1 heterocycles. The first-order valence-corrected chi connectivity index (χ1v) is 5.83. The van der Waals surface area contributed by atoms with E-state index in [1.807, 2.05) is 6.92 Å². The van der Waals surface area contributed by atoms with E-state index in [4.69, 9.17) is 9.84 Å². The molecule has 0 fully saturated rings. The molecule has 1 aromatic rings. The molecule has 1 aromatic heterocycles. The molecular weight excluding hydrogens is 244 g/mol. The van der Waals surface area contributed by atoms with Crippen LogP contribution in [0.2, 0.25) is 0 Å². The van der Waals surface area contributed by atoms with Gasteiger partial charge in [-0.25, -0.2) is 9.59 Å². The first-order chi connectivity index (χ1) is 7.95. The number of ether oxygens (including phenoxy) is 1. The largest absolute Gasteiger partial charge is 0.478 e. The maximum absolute atomic E-state index is 11.2. The summed E-state index contributed by atoms with van der Waals surface area (Å²) in [6, 6.07) is 0. The van der Waals surface area contributed by atoms with Gasteiger partial charge in [-0.3, -0.25) is 0 Å². The average molecular weight is 258 g/mol. The molecule has 0 saturated heterocycles. The van der Waals surface area contributed by atoms with Crippen molar-refractivity contribution in [1.82, 2.24) is 9.97 Å². The van der Waals surface area contributed by atoms with Crippen molar-refractivity contribution >= 4 is 17.7 Å². The van der Waals surface area contributed by atoms with Crippen molar-refractivity contribution in [3.05, 3.63) is 21.7 Å². The second kappa shape index (κ2) is 5.83. The molecule has 0 aliphatic carbocycles. The Labute approximate surface area is 102 Å². The van der Waals surface area contributed by atoms with Crippen LogP contribution in [0.15, 0.2) is 9.82 Å². The van der Waals surface area contributed by atoms with Gasteiger partial charge < -0.3 is 14.8 Å². The fraction of sp³-hybridized carbons (Fsp3) is 0.500. The van der Waals surface area contributed by atoms with E-state index in [1.165, 1.54) is 18.7 Å². The molecule has 0 saturated carbocycles. The van der Waals surface area contributed by atoms with Crippen LogP contribution in [-0.4, -0.2) is 40.0 Å². The summed E-state index contributed by atoms with van der Waals surface area (Å²) >= 11 is 1.21. The SMILES string of the molecule is COCC(C)Sc1nc(=O)[nH]c(C)c1C(=O)O. The lowest BCUT2D eigenvalue weighted by atomic mass is 10.2. The van der Waals surface area contributed by atoms with Crippen LogP contribution in [0.3, 0.4) is 0 Å². The third-order valence-corrected chi connectivity index (χ3v) is 3.07. The third-order valence-electron chi connectivity index (χ3n) is 2.01. The Morgan fingerprint density at radius 3 is 2.82 bits per heavy atom. The smallest absolute Gasteiger partial charge is 0.346 e. The van der Waals surface area contributed by atoms with Gasteiger partial charge in [0.2, 0.25) is 0 Å². The fourth-order valence-corrected chi connectivity index (χ4v) is 2.43. The Kier molecular flexibility index (Phi) is 4.71. The minimum atomic E-state index is -1.10. The van der Waals surface area contributed by atoms with Gasteiger partial charge in [-0.2, -0.15) is 4.98 Å². The normalized spacial score (nSPS) is 12.4. The average Bonchev–Trinajstić information content (AvgIpc) is 2.15. The Balaban J connectivity index is 3.12. The van der Waals surface area contributed by atoms with Crippen LogP contribution in [-0.2, 0) is 4.74 Å². The molecule has 1 atom stereocenters. The van der Waals surface area contributed by atoms with Crippen molar-refractivity contribution in [1.29, 1.82) is 0 Å². The van der Waals surface area contributed by atoms with Crippen LogP contribution in [0.1, 0.15) is 23.0 Å². The first-order valence-electron chi connectivity index (χ1n) is 4.95. The van der Waals surface area contributed by atoms with Crippen LogP contribution in [0.4, 0.5) is 0 Å². The molecule has 0 aliphatic heterocycles. The predicted octanol–water partition coefficient (Wildman–Crippen LogP) is 0.904. The summed E-state index contributed by atoms with van der Waals surface area (Å²) in [5.74, 6) is -1.10. The highest BCUT2D eigenvalue weighted by Crippen LogP contribution is 2.25. The molecular formula is C10H14N2O4S. The number of hydrogen-bond donors (Lipinski definition) is 2. The van der Waals surface area contributed by atoms with E-state index < -0.39 is 11.7 Å². The molecule has 6 nitrogen and oxygen atoms in total. The van der Waals surface area contributed by atoms with Crippen molar-refractivity contribution < 1.29 is 14.6 Å². The lowest BCUT2D eigenvalue weighted by molar-refractivity contribution is 0.0690. The minimum absolute atomic E-state index is 0.0202. The summed E-state index contributed by atoms with van der Waals surface area (Å²) in [6.07, 6.45) is 0.